The van der Waals surface area contributed by atoms with Crippen LogP contribution >= 0.6 is 0 Å². The van der Waals surface area contributed by atoms with Crippen LogP contribution in [0, 0.1) is 7.14 Å². The zero-order chi connectivity index (χ0) is 15.9. The molecule has 0 aromatic heterocycles. The molecule has 0 bridgehead atoms. The predicted octanol–water partition coefficient (Wildman–Crippen LogP) is 1.89. The van der Waals surface area contributed by atoms with Crippen molar-refractivity contribution in [2.45, 2.75) is 51.4 Å². The Bertz CT molecular complexity index is 576. The molecule has 0 aliphatic heterocycles. The van der Waals surface area contributed by atoms with Crippen LogP contribution in [0.3, 0.4) is 0 Å². The summed E-state index contributed by atoms with van der Waals surface area (Å²) in [5.41, 5.74) is 0. The molecule has 23 heavy (non-hydrogen) atoms. The molecule has 2 nitrogen and oxygen atoms in total. The molecule has 1 saturated carbocycles. The van der Waals surface area contributed by atoms with E-state index in [1.807, 2.05) is 6.92 Å². The van der Waals surface area contributed by atoms with Gasteiger partial charge in [0.15, 0.2) is 0 Å². The third-order valence-corrected chi connectivity index (χ3v) is 6.69. The average molecular weight is 423 g/mol. The van der Waals surface area contributed by atoms with Gasteiger partial charge >= 0.3 is 150 Å². The van der Waals surface area contributed by atoms with Gasteiger partial charge in [0.2, 0.25) is 0 Å². The van der Waals surface area contributed by atoms with Crippen molar-refractivity contribution in [1.29, 1.82) is 0 Å². The maximum atomic E-state index is 6.01. The molecule has 2 aromatic rings. The second kappa shape index (κ2) is 8.69. The normalized spacial score (nSPS) is 17.1. The number of hydrogen-bond donors (Lipinski definition) is 0. The van der Waals surface area contributed by atoms with E-state index in [4.69, 9.17) is 9.47 Å². The van der Waals surface area contributed by atoms with E-state index in [1.165, 1.54) is 39.2 Å². The molecule has 1 aliphatic carbocycles. The van der Waals surface area contributed by atoms with E-state index in [0.29, 0.717) is 6.10 Å². The first-order valence-corrected chi connectivity index (χ1v) is 10.6. The first-order valence-electron chi connectivity index (χ1n) is 8.42. The van der Waals surface area contributed by atoms with Gasteiger partial charge in [-0.3, -0.25) is 0 Å². The van der Waals surface area contributed by atoms with Crippen LogP contribution in [0.15, 0.2) is 54.6 Å². The molecule has 0 heterocycles. The van der Waals surface area contributed by atoms with E-state index in [-0.39, 0.29) is 27.5 Å². The van der Waals surface area contributed by atoms with Crippen LogP contribution in [0.25, 0.3) is 0 Å². The number of benzene rings is 2. The van der Waals surface area contributed by atoms with E-state index in [2.05, 4.69) is 54.6 Å². The molecule has 0 N–H and O–H groups in total. The molecule has 124 valence electrons. The van der Waals surface area contributed by atoms with Crippen molar-refractivity contribution < 1.29 is 30.7 Å². The van der Waals surface area contributed by atoms with Crippen LogP contribution in [0.4, 0.5) is 0 Å². The Morgan fingerprint density at radius 2 is 1.52 bits per heavy atom. The minimum atomic E-state index is -0.173. The molecule has 2 aromatic carbocycles. The van der Waals surface area contributed by atoms with Crippen molar-refractivity contribution in [1.82, 2.24) is 0 Å². The first-order chi connectivity index (χ1) is 11.3. The summed E-state index contributed by atoms with van der Waals surface area (Å²) in [6.45, 7) is 2.00. The molecule has 1 aliphatic rings. The standard InChI is InChI=1S/C20H24IO2/c1-16(22-19-10-6-3-7-11-19)23-20-14-12-18(13-15-20)21-17-8-4-2-5-9-17/h2,4-5,8-9,12-16,19H,3,6-7,10-11H2,1H3/q-1. The SMILES string of the molecule is CC(Oc1ccc([I-]c2ccccc2)cc1)OC1CCCCC1. The molecular weight excluding hydrogens is 399 g/mol. The van der Waals surface area contributed by atoms with E-state index in [9.17, 15) is 0 Å². The molecule has 0 amide bonds. The Hall–Kier alpha value is -1.07. The third kappa shape index (κ3) is 5.50. The van der Waals surface area contributed by atoms with Gasteiger partial charge in [-0.05, 0) is 0 Å². The molecule has 1 atom stereocenters. The number of rotatable bonds is 6. The van der Waals surface area contributed by atoms with Gasteiger partial charge in [-0.15, -0.1) is 0 Å². The van der Waals surface area contributed by atoms with Crippen LogP contribution in [-0.4, -0.2) is 12.4 Å². The third-order valence-electron chi connectivity index (χ3n) is 4.00. The molecule has 1 fully saturated rings. The summed E-state index contributed by atoms with van der Waals surface area (Å²) in [6.07, 6.45) is 6.48. The molecule has 3 heteroatoms. The van der Waals surface area contributed by atoms with Crippen LogP contribution in [0.2, 0.25) is 0 Å². The Labute approximate surface area is 149 Å². The van der Waals surface area contributed by atoms with E-state index in [1.54, 1.807) is 0 Å². The summed E-state index contributed by atoms with van der Waals surface area (Å²) in [5, 5.41) is 0. The number of halogens is 1. The van der Waals surface area contributed by atoms with Crippen molar-refractivity contribution in [2.75, 3.05) is 0 Å². The fourth-order valence-electron chi connectivity index (χ4n) is 2.87. The molecule has 1 unspecified atom stereocenters. The molecule has 0 spiro atoms. The monoisotopic (exact) mass is 423 g/mol. The summed E-state index contributed by atoms with van der Waals surface area (Å²) >= 11 is -0.107. The van der Waals surface area contributed by atoms with Gasteiger partial charge in [-0.2, -0.15) is 0 Å². The summed E-state index contributed by atoms with van der Waals surface area (Å²) < 4.78 is 14.8. The Kier molecular flexibility index (Phi) is 6.34. The van der Waals surface area contributed by atoms with Crippen molar-refractivity contribution >= 4 is 0 Å². The second-order valence-electron chi connectivity index (χ2n) is 5.93. The van der Waals surface area contributed by atoms with Crippen LogP contribution in [0.1, 0.15) is 39.0 Å². The summed E-state index contributed by atoms with van der Waals surface area (Å²) in [7, 11) is 0. The van der Waals surface area contributed by atoms with Gasteiger partial charge in [0.25, 0.3) is 0 Å². The minimum absolute atomic E-state index is 0.107. The van der Waals surface area contributed by atoms with Gasteiger partial charge in [0, 0.05) is 0 Å². The van der Waals surface area contributed by atoms with E-state index >= 15 is 0 Å². The molecule has 0 radical (unpaired) electrons. The maximum absolute atomic E-state index is 6.01. The Balaban J connectivity index is 1.50. The van der Waals surface area contributed by atoms with Crippen molar-refractivity contribution in [2.24, 2.45) is 0 Å². The zero-order valence-corrected chi connectivity index (χ0v) is 15.7. The van der Waals surface area contributed by atoms with Gasteiger partial charge in [0.05, 0.1) is 0 Å². The van der Waals surface area contributed by atoms with Crippen LogP contribution in [-0.2, 0) is 4.74 Å². The van der Waals surface area contributed by atoms with Crippen molar-refractivity contribution in [3.63, 3.8) is 0 Å². The van der Waals surface area contributed by atoms with Crippen LogP contribution < -0.4 is 25.9 Å². The first kappa shape index (κ1) is 16.8. The van der Waals surface area contributed by atoms with Gasteiger partial charge in [-0.25, -0.2) is 0 Å². The summed E-state index contributed by atoms with van der Waals surface area (Å²) in [4.78, 5) is 0. The average Bonchev–Trinajstić information content (AvgIpc) is 2.58. The predicted molar refractivity (Wildman–Crippen MR) is 88.3 cm³/mol. The Morgan fingerprint density at radius 1 is 0.870 bits per heavy atom. The fraction of sp³-hybridized carbons (Fsp3) is 0.400. The quantitative estimate of drug-likeness (QED) is 0.522. The van der Waals surface area contributed by atoms with Crippen molar-refractivity contribution in [3.8, 4) is 5.75 Å². The molecule has 0 saturated heterocycles. The number of ether oxygens (including phenoxy) is 2. The molecular formula is C20H24IO2-. The second-order valence-corrected chi connectivity index (χ2v) is 8.96. The van der Waals surface area contributed by atoms with Crippen molar-refractivity contribution in [3.05, 3.63) is 61.7 Å². The van der Waals surface area contributed by atoms with Gasteiger partial charge in [0.1, 0.15) is 0 Å². The number of hydrogen-bond acceptors (Lipinski definition) is 2. The Morgan fingerprint density at radius 3 is 2.22 bits per heavy atom. The van der Waals surface area contributed by atoms with E-state index < -0.39 is 0 Å². The van der Waals surface area contributed by atoms with E-state index in [0.717, 1.165) is 5.75 Å². The zero-order valence-electron chi connectivity index (χ0n) is 13.6. The summed E-state index contributed by atoms with van der Waals surface area (Å²) in [5.74, 6) is 0.897. The fourth-order valence-corrected chi connectivity index (χ4v) is 5.08. The topological polar surface area (TPSA) is 18.5 Å². The van der Waals surface area contributed by atoms with Gasteiger partial charge in [-0.1, -0.05) is 0 Å². The van der Waals surface area contributed by atoms with Gasteiger partial charge < -0.3 is 0 Å². The summed E-state index contributed by atoms with van der Waals surface area (Å²) in [6, 6.07) is 19.2. The molecule has 3 rings (SSSR count). The van der Waals surface area contributed by atoms with Crippen LogP contribution in [0.5, 0.6) is 5.75 Å².